The molecular formula is C13H22N2O5. The molecule has 2 amide bonds. The summed E-state index contributed by atoms with van der Waals surface area (Å²) < 4.78 is 4.72. The van der Waals surface area contributed by atoms with Crippen molar-refractivity contribution in [3.05, 3.63) is 0 Å². The highest BCUT2D eigenvalue weighted by atomic mass is 16.5. The Hall–Kier alpha value is -1.79. The van der Waals surface area contributed by atoms with E-state index >= 15 is 0 Å². The standard InChI is InChI=1S/C13H22N2O5/c1-5-10(11(16)17)14(3)13(19)15-6-8(2)9(7-15)12(18)20-4/h8-10H,5-7H2,1-4H3,(H,16,17). The second kappa shape index (κ2) is 6.58. The molecule has 0 spiro atoms. The first kappa shape index (κ1) is 16.3. The van der Waals surface area contributed by atoms with Crippen molar-refractivity contribution in [3.63, 3.8) is 0 Å². The maximum atomic E-state index is 12.3. The Bertz CT molecular complexity index is 398. The summed E-state index contributed by atoms with van der Waals surface area (Å²) >= 11 is 0. The highest BCUT2D eigenvalue weighted by molar-refractivity contribution is 5.83. The number of carboxylic acid groups (broad SMARTS) is 1. The van der Waals surface area contributed by atoms with E-state index in [1.54, 1.807) is 6.92 Å². The molecule has 0 aliphatic carbocycles. The van der Waals surface area contributed by atoms with Gasteiger partial charge in [0.25, 0.3) is 0 Å². The Morgan fingerprint density at radius 2 is 2.00 bits per heavy atom. The van der Waals surface area contributed by atoms with Crippen LogP contribution in [-0.4, -0.2) is 66.2 Å². The summed E-state index contributed by atoms with van der Waals surface area (Å²) in [5.74, 6) is -1.70. The lowest BCUT2D eigenvalue weighted by atomic mass is 9.99. The molecule has 1 fully saturated rings. The highest BCUT2D eigenvalue weighted by Crippen LogP contribution is 2.25. The number of carboxylic acids is 1. The van der Waals surface area contributed by atoms with Crippen molar-refractivity contribution < 1.29 is 24.2 Å². The summed E-state index contributed by atoms with van der Waals surface area (Å²) in [4.78, 5) is 37.7. The van der Waals surface area contributed by atoms with Gasteiger partial charge >= 0.3 is 18.0 Å². The Labute approximate surface area is 118 Å². The third-order valence-corrected chi connectivity index (χ3v) is 3.83. The Morgan fingerprint density at radius 3 is 2.45 bits per heavy atom. The first-order chi connectivity index (χ1) is 9.33. The second-order valence-corrected chi connectivity index (χ2v) is 5.17. The molecule has 114 valence electrons. The van der Waals surface area contributed by atoms with Crippen molar-refractivity contribution in [1.82, 2.24) is 9.80 Å². The van der Waals surface area contributed by atoms with Crippen LogP contribution in [0.25, 0.3) is 0 Å². The first-order valence-corrected chi connectivity index (χ1v) is 6.65. The summed E-state index contributed by atoms with van der Waals surface area (Å²) in [6, 6.07) is -1.22. The van der Waals surface area contributed by atoms with Crippen molar-refractivity contribution in [2.75, 3.05) is 27.2 Å². The summed E-state index contributed by atoms with van der Waals surface area (Å²) in [7, 11) is 2.80. The van der Waals surface area contributed by atoms with E-state index in [4.69, 9.17) is 9.84 Å². The highest BCUT2D eigenvalue weighted by Gasteiger charge is 2.40. The average Bonchev–Trinajstić information content (AvgIpc) is 2.79. The van der Waals surface area contributed by atoms with E-state index in [1.165, 1.54) is 24.0 Å². The van der Waals surface area contributed by atoms with Gasteiger partial charge in [0.2, 0.25) is 0 Å². The van der Waals surface area contributed by atoms with Gasteiger partial charge in [-0.05, 0) is 12.3 Å². The number of likely N-dealkylation sites (tertiary alicyclic amines) is 1. The number of likely N-dealkylation sites (N-methyl/N-ethyl adjacent to an activating group) is 1. The van der Waals surface area contributed by atoms with Crippen molar-refractivity contribution in [2.24, 2.45) is 11.8 Å². The van der Waals surface area contributed by atoms with Crippen LogP contribution in [0.1, 0.15) is 20.3 Å². The predicted octanol–water partition coefficient (Wildman–Crippen LogP) is 0.642. The number of ether oxygens (including phenoxy) is 1. The number of amides is 2. The summed E-state index contributed by atoms with van der Waals surface area (Å²) in [5, 5.41) is 9.08. The van der Waals surface area contributed by atoms with Gasteiger partial charge in [0.1, 0.15) is 6.04 Å². The maximum absolute atomic E-state index is 12.3. The van der Waals surface area contributed by atoms with E-state index in [0.29, 0.717) is 13.0 Å². The van der Waals surface area contributed by atoms with Gasteiger partial charge < -0.3 is 19.6 Å². The second-order valence-electron chi connectivity index (χ2n) is 5.17. The van der Waals surface area contributed by atoms with Crippen LogP contribution < -0.4 is 0 Å². The van der Waals surface area contributed by atoms with Crippen LogP contribution in [0.2, 0.25) is 0 Å². The zero-order valence-electron chi connectivity index (χ0n) is 12.3. The smallest absolute Gasteiger partial charge is 0.326 e. The number of nitrogens with zero attached hydrogens (tertiary/aromatic N) is 2. The van der Waals surface area contributed by atoms with Crippen LogP contribution in [0.3, 0.4) is 0 Å². The fraction of sp³-hybridized carbons (Fsp3) is 0.769. The third kappa shape index (κ3) is 3.20. The van der Waals surface area contributed by atoms with E-state index in [9.17, 15) is 14.4 Å². The number of carbonyl (C=O) groups excluding carboxylic acids is 2. The topological polar surface area (TPSA) is 87.2 Å². The van der Waals surface area contributed by atoms with E-state index in [-0.39, 0.29) is 30.4 Å². The Balaban J connectivity index is 2.74. The molecule has 3 unspecified atom stereocenters. The average molecular weight is 286 g/mol. The lowest BCUT2D eigenvalue weighted by Crippen LogP contribution is -2.48. The van der Waals surface area contributed by atoms with Gasteiger partial charge in [-0.2, -0.15) is 0 Å². The van der Waals surface area contributed by atoms with E-state index in [1.807, 2.05) is 6.92 Å². The van der Waals surface area contributed by atoms with Crippen LogP contribution in [-0.2, 0) is 14.3 Å². The van der Waals surface area contributed by atoms with Crippen LogP contribution in [0.4, 0.5) is 4.79 Å². The molecule has 0 bridgehead atoms. The lowest BCUT2D eigenvalue weighted by molar-refractivity contribution is -0.146. The molecule has 7 nitrogen and oxygen atoms in total. The van der Waals surface area contributed by atoms with Crippen LogP contribution in [0, 0.1) is 11.8 Å². The Morgan fingerprint density at radius 1 is 1.40 bits per heavy atom. The number of hydrogen-bond donors (Lipinski definition) is 1. The fourth-order valence-electron chi connectivity index (χ4n) is 2.55. The van der Waals surface area contributed by atoms with Crippen LogP contribution >= 0.6 is 0 Å². The van der Waals surface area contributed by atoms with Gasteiger partial charge in [0.15, 0.2) is 0 Å². The number of rotatable bonds is 4. The first-order valence-electron chi connectivity index (χ1n) is 6.65. The van der Waals surface area contributed by atoms with Crippen molar-refractivity contribution in [2.45, 2.75) is 26.3 Å². The number of methoxy groups -OCH3 is 1. The molecule has 0 saturated carbocycles. The van der Waals surface area contributed by atoms with Gasteiger partial charge in [-0.15, -0.1) is 0 Å². The SMILES string of the molecule is CCC(C(=O)O)N(C)C(=O)N1CC(C)C(C(=O)OC)C1. The molecule has 1 rings (SSSR count). The van der Waals surface area contributed by atoms with Gasteiger partial charge in [-0.25, -0.2) is 9.59 Å². The van der Waals surface area contributed by atoms with E-state index in [0.717, 1.165) is 0 Å². The zero-order chi connectivity index (χ0) is 15.4. The number of hydrogen-bond acceptors (Lipinski definition) is 4. The molecule has 0 radical (unpaired) electrons. The molecule has 20 heavy (non-hydrogen) atoms. The number of aliphatic carboxylic acids is 1. The summed E-state index contributed by atoms with van der Waals surface area (Å²) in [5.41, 5.74) is 0. The minimum absolute atomic E-state index is 0.00436. The monoisotopic (exact) mass is 286 g/mol. The molecular weight excluding hydrogens is 264 g/mol. The van der Waals surface area contributed by atoms with Gasteiger partial charge in [-0.1, -0.05) is 13.8 Å². The fourth-order valence-corrected chi connectivity index (χ4v) is 2.55. The number of carbonyl (C=O) groups is 3. The molecule has 1 aliphatic rings. The quantitative estimate of drug-likeness (QED) is 0.766. The maximum Gasteiger partial charge on any atom is 0.326 e. The zero-order valence-corrected chi connectivity index (χ0v) is 12.3. The van der Waals surface area contributed by atoms with Crippen molar-refractivity contribution in [1.29, 1.82) is 0 Å². The molecule has 7 heteroatoms. The lowest BCUT2D eigenvalue weighted by Gasteiger charge is -2.28. The van der Waals surface area contributed by atoms with Gasteiger partial charge in [0.05, 0.1) is 13.0 Å². The molecule has 1 aliphatic heterocycles. The minimum Gasteiger partial charge on any atom is -0.480 e. The van der Waals surface area contributed by atoms with Crippen molar-refractivity contribution in [3.8, 4) is 0 Å². The van der Waals surface area contributed by atoms with Gasteiger partial charge in [-0.3, -0.25) is 4.79 Å². The molecule has 0 aromatic carbocycles. The Kier molecular flexibility index (Phi) is 5.35. The van der Waals surface area contributed by atoms with Crippen LogP contribution in [0.5, 0.6) is 0 Å². The number of urea groups is 1. The van der Waals surface area contributed by atoms with Crippen molar-refractivity contribution >= 4 is 18.0 Å². The summed E-state index contributed by atoms with van der Waals surface area (Å²) in [6.07, 6.45) is 0.335. The molecule has 0 aromatic rings. The summed E-state index contributed by atoms with van der Waals surface area (Å²) in [6.45, 7) is 4.29. The van der Waals surface area contributed by atoms with Crippen LogP contribution in [0.15, 0.2) is 0 Å². The van der Waals surface area contributed by atoms with E-state index < -0.39 is 12.0 Å². The molecule has 1 N–H and O–H groups in total. The largest absolute Gasteiger partial charge is 0.480 e. The molecule has 3 atom stereocenters. The molecule has 1 heterocycles. The predicted molar refractivity (Wildman–Crippen MR) is 71.1 cm³/mol. The number of esters is 1. The third-order valence-electron chi connectivity index (χ3n) is 3.83. The molecule has 1 saturated heterocycles. The normalized spacial score (nSPS) is 23.3. The molecule has 0 aromatic heterocycles. The van der Waals surface area contributed by atoms with Gasteiger partial charge in [0, 0.05) is 20.1 Å². The minimum atomic E-state index is -1.03. The van der Waals surface area contributed by atoms with E-state index in [2.05, 4.69) is 0 Å².